The molecule has 3 atom stereocenters. The van der Waals surface area contributed by atoms with Gasteiger partial charge >= 0.3 is 0 Å². The first-order chi connectivity index (χ1) is 15.6. The quantitative estimate of drug-likeness (QED) is 0.718. The molecule has 3 heterocycles. The van der Waals surface area contributed by atoms with Gasteiger partial charge in [-0.25, -0.2) is 0 Å². The molecule has 2 aliphatic rings. The number of nitrogens with one attached hydrogen (secondary N) is 1. The third-order valence-electron chi connectivity index (χ3n) is 6.56. The Bertz CT molecular complexity index is 1090. The lowest BCUT2D eigenvalue weighted by Crippen LogP contribution is -2.45. The summed E-state index contributed by atoms with van der Waals surface area (Å²) >= 11 is 7.16. The Labute approximate surface area is 203 Å². The van der Waals surface area contributed by atoms with Crippen LogP contribution in [0, 0.1) is 0 Å². The normalized spacial score (nSPS) is 22.7. The van der Waals surface area contributed by atoms with Gasteiger partial charge in [0.15, 0.2) is 0 Å². The van der Waals surface area contributed by atoms with Crippen molar-refractivity contribution < 1.29 is 14.4 Å². The molecule has 0 saturated carbocycles. The summed E-state index contributed by atoms with van der Waals surface area (Å²) in [4.78, 5) is 45.0. The van der Waals surface area contributed by atoms with Gasteiger partial charge in [0.25, 0.3) is 11.8 Å². The second-order valence-corrected chi connectivity index (χ2v) is 10.9. The van der Waals surface area contributed by atoms with Crippen LogP contribution in [0.3, 0.4) is 0 Å². The maximum atomic E-state index is 13.5. The second kappa shape index (κ2) is 9.44. The number of halogens is 1. The lowest BCUT2D eigenvalue weighted by Gasteiger charge is -2.32. The van der Waals surface area contributed by atoms with Crippen LogP contribution in [-0.4, -0.2) is 78.2 Å². The first-order valence-corrected chi connectivity index (χ1v) is 12.2. The molecule has 2 aliphatic heterocycles. The summed E-state index contributed by atoms with van der Waals surface area (Å²) in [6.45, 7) is 3.32. The molecule has 33 heavy (non-hydrogen) atoms. The molecule has 3 amide bonds. The van der Waals surface area contributed by atoms with E-state index in [0.717, 1.165) is 13.0 Å². The Morgan fingerprint density at radius 1 is 1.15 bits per heavy atom. The van der Waals surface area contributed by atoms with Crippen LogP contribution in [0.15, 0.2) is 30.3 Å². The van der Waals surface area contributed by atoms with Crippen LogP contribution in [0.2, 0.25) is 4.34 Å². The topological polar surface area (TPSA) is 73.0 Å². The third-order valence-corrected chi connectivity index (χ3v) is 7.79. The molecule has 0 unspecified atom stereocenters. The van der Waals surface area contributed by atoms with Gasteiger partial charge in [-0.05, 0) is 62.2 Å². The van der Waals surface area contributed by atoms with E-state index >= 15 is 0 Å². The summed E-state index contributed by atoms with van der Waals surface area (Å²) < 4.78 is 0.539. The predicted octanol–water partition coefficient (Wildman–Crippen LogP) is 2.88. The third kappa shape index (κ3) is 4.93. The number of likely N-dealkylation sites (N-methyl/N-ethyl adjacent to an activating group) is 2. The summed E-state index contributed by atoms with van der Waals surface area (Å²) in [5.41, 5.74) is 2.99. The largest absolute Gasteiger partial charge is 0.347 e. The van der Waals surface area contributed by atoms with Crippen molar-refractivity contribution in [2.24, 2.45) is 0 Å². The van der Waals surface area contributed by atoms with Gasteiger partial charge in [-0.2, -0.15) is 0 Å². The number of carbonyl (C=O) groups excluding carboxylic acids is 3. The van der Waals surface area contributed by atoms with Crippen molar-refractivity contribution >= 4 is 40.7 Å². The number of nitrogens with zero attached hydrogens (tertiary/aromatic N) is 3. The predicted molar refractivity (Wildman–Crippen MR) is 130 cm³/mol. The number of fused-ring (bicyclic) bond motifs is 1. The van der Waals surface area contributed by atoms with E-state index < -0.39 is 6.04 Å². The van der Waals surface area contributed by atoms with Crippen molar-refractivity contribution in [2.45, 2.75) is 44.4 Å². The van der Waals surface area contributed by atoms with Gasteiger partial charge in [0.05, 0.1) is 9.21 Å². The maximum Gasteiger partial charge on any atom is 0.261 e. The molecule has 2 aromatic rings. The number of likely N-dealkylation sites (tertiary alicyclic amines) is 1. The summed E-state index contributed by atoms with van der Waals surface area (Å²) in [6.07, 6.45) is 1.26. The molecular weight excluding hydrogens is 460 g/mol. The highest BCUT2D eigenvalue weighted by Crippen LogP contribution is 2.27. The van der Waals surface area contributed by atoms with E-state index in [2.05, 4.69) is 24.2 Å². The minimum Gasteiger partial charge on any atom is -0.347 e. The molecule has 7 nitrogen and oxygen atoms in total. The highest BCUT2D eigenvalue weighted by molar-refractivity contribution is 7.18. The van der Waals surface area contributed by atoms with Gasteiger partial charge in [0.1, 0.15) is 6.04 Å². The summed E-state index contributed by atoms with van der Waals surface area (Å²) in [7, 11) is 5.47. The van der Waals surface area contributed by atoms with E-state index in [1.165, 1.54) is 27.4 Å². The molecule has 1 aromatic carbocycles. The fraction of sp³-hybridized carbons (Fsp3) is 0.458. The lowest BCUT2D eigenvalue weighted by molar-refractivity contribution is -0.132. The van der Waals surface area contributed by atoms with Crippen molar-refractivity contribution in [3.63, 3.8) is 0 Å². The molecule has 1 saturated heterocycles. The van der Waals surface area contributed by atoms with Gasteiger partial charge < -0.3 is 15.1 Å². The number of amides is 3. The number of hydrogen-bond donors (Lipinski definition) is 1. The molecule has 176 valence electrons. The molecule has 1 aromatic heterocycles. The van der Waals surface area contributed by atoms with Crippen LogP contribution in [0.25, 0.3) is 0 Å². The molecule has 1 N–H and O–H groups in total. The van der Waals surface area contributed by atoms with Crippen LogP contribution < -0.4 is 5.32 Å². The van der Waals surface area contributed by atoms with Crippen LogP contribution >= 0.6 is 22.9 Å². The highest BCUT2D eigenvalue weighted by atomic mass is 35.5. The second-order valence-electron chi connectivity index (χ2n) is 9.17. The average Bonchev–Trinajstić information content (AvgIpc) is 3.39. The minimum absolute atomic E-state index is 0.146. The number of hydrogen-bond acceptors (Lipinski definition) is 5. The zero-order chi connectivity index (χ0) is 23.9. The zero-order valence-corrected chi connectivity index (χ0v) is 20.9. The number of thiophene rings is 1. The zero-order valence-electron chi connectivity index (χ0n) is 19.3. The molecule has 0 radical (unpaired) electrons. The van der Waals surface area contributed by atoms with Gasteiger partial charge in [-0.15, -0.1) is 11.3 Å². The SMILES string of the molecule is C[C@H]1Cc2cc(C(=O)N3C[C@H](NC(=O)c4ccc(Cl)s4)C[C@H]3C(=O)N(C)C)ccc2CN1C. The monoisotopic (exact) mass is 488 g/mol. The van der Waals surface area contributed by atoms with E-state index in [4.69, 9.17) is 11.6 Å². The van der Waals surface area contributed by atoms with Crippen molar-refractivity contribution in [2.75, 3.05) is 27.7 Å². The van der Waals surface area contributed by atoms with Crippen LogP contribution in [0.1, 0.15) is 44.5 Å². The van der Waals surface area contributed by atoms with Crippen LogP contribution in [0.4, 0.5) is 0 Å². The van der Waals surface area contributed by atoms with Crippen molar-refractivity contribution in [3.05, 3.63) is 56.2 Å². The maximum absolute atomic E-state index is 13.5. The van der Waals surface area contributed by atoms with E-state index in [9.17, 15) is 14.4 Å². The van der Waals surface area contributed by atoms with Gasteiger partial charge in [0.2, 0.25) is 5.91 Å². The first-order valence-electron chi connectivity index (χ1n) is 11.0. The highest BCUT2D eigenvalue weighted by Gasteiger charge is 2.41. The Morgan fingerprint density at radius 2 is 1.91 bits per heavy atom. The molecule has 1 fully saturated rings. The van der Waals surface area contributed by atoms with E-state index in [0.29, 0.717) is 27.2 Å². The number of benzene rings is 1. The Kier molecular flexibility index (Phi) is 6.79. The standard InChI is InChI=1S/C24H29ClN4O3S/c1-14-9-17-10-15(5-6-16(17)12-28(14)4)23(31)29-13-18(11-19(29)24(32)27(2)3)26-22(30)20-7-8-21(25)33-20/h5-8,10,14,18-19H,9,11-13H2,1-4H3,(H,26,30)/t14-,18+,19-/m0/s1. The molecule has 0 bridgehead atoms. The smallest absolute Gasteiger partial charge is 0.261 e. The van der Waals surface area contributed by atoms with Crippen LogP contribution in [0.5, 0.6) is 0 Å². The molecule has 4 rings (SSSR count). The fourth-order valence-corrected chi connectivity index (χ4v) is 5.50. The Hall–Kier alpha value is -2.42. The molecule has 9 heteroatoms. The average molecular weight is 489 g/mol. The summed E-state index contributed by atoms with van der Waals surface area (Å²) in [5.74, 6) is -0.567. The van der Waals surface area contributed by atoms with E-state index in [1.807, 2.05) is 18.2 Å². The first kappa shape index (κ1) is 23.7. The van der Waals surface area contributed by atoms with Gasteiger partial charge in [-0.1, -0.05) is 17.7 Å². The van der Waals surface area contributed by atoms with Gasteiger partial charge in [0, 0.05) is 44.8 Å². The summed E-state index contributed by atoms with van der Waals surface area (Å²) in [6, 6.07) is 8.66. The van der Waals surface area contributed by atoms with E-state index in [1.54, 1.807) is 31.1 Å². The van der Waals surface area contributed by atoms with Crippen molar-refractivity contribution in [1.82, 2.24) is 20.0 Å². The Balaban J connectivity index is 1.55. The molecular formula is C24H29ClN4O3S. The lowest BCUT2D eigenvalue weighted by atomic mass is 9.93. The minimum atomic E-state index is -0.620. The number of carbonyl (C=O) groups is 3. The molecule has 0 aliphatic carbocycles. The molecule has 0 spiro atoms. The van der Waals surface area contributed by atoms with E-state index in [-0.39, 0.29) is 30.3 Å². The van der Waals surface area contributed by atoms with Crippen molar-refractivity contribution in [1.29, 1.82) is 0 Å². The van der Waals surface area contributed by atoms with Gasteiger partial charge in [-0.3, -0.25) is 19.3 Å². The summed E-state index contributed by atoms with van der Waals surface area (Å²) in [5, 5.41) is 2.97. The van der Waals surface area contributed by atoms with Crippen LogP contribution in [-0.2, 0) is 17.8 Å². The Morgan fingerprint density at radius 3 is 2.58 bits per heavy atom. The number of rotatable bonds is 4. The van der Waals surface area contributed by atoms with Crippen molar-refractivity contribution in [3.8, 4) is 0 Å². The fourth-order valence-electron chi connectivity index (χ4n) is 4.56.